The van der Waals surface area contributed by atoms with Crippen LogP contribution in [0.4, 0.5) is 0 Å². The maximum atomic E-state index is 5.25. The van der Waals surface area contributed by atoms with Crippen LogP contribution in [-0.4, -0.2) is 150 Å². The highest BCUT2D eigenvalue weighted by Gasteiger charge is 2.24. The second-order valence-corrected chi connectivity index (χ2v) is 32.7. The van der Waals surface area contributed by atoms with Crippen LogP contribution in [0, 0.1) is 0 Å². The SMILES string of the molecule is CCc1nn(C(C)C)c2nc(-c3ccn(-c4ccccc4)n3)ccc12.CCc1nn(C(C)C)c2nc(-c3ccnn3-c3ccc(OC)cc3)ccc12.CCc1nn(C(C)C)c2nc(-c3ccnn3-c3ccccc3)ccc12.CCc1nn(C(C)C)c2nc(-c3ccnn3-c3ncc(Br)cn3)ccc12.CCc1nn(C(C)C)c2nc(-c3ccnn3-c3ncccn3)ccc12. The van der Waals surface area contributed by atoms with E-state index in [4.69, 9.17) is 55.2 Å². The van der Waals surface area contributed by atoms with Gasteiger partial charge >= 0.3 is 0 Å². The molecule has 3 aromatic carbocycles. The molecule has 648 valence electrons. The Balaban J connectivity index is 0.000000118. The number of pyridine rings is 5. The summed E-state index contributed by atoms with van der Waals surface area (Å²) in [5.41, 5.74) is 21.7. The molecule has 20 aromatic rings. The van der Waals surface area contributed by atoms with Crippen molar-refractivity contribution < 1.29 is 4.74 Å². The van der Waals surface area contributed by atoms with Crippen LogP contribution in [-0.2, 0) is 32.1 Å². The molecule has 0 spiro atoms. The van der Waals surface area contributed by atoms with Gasteiger partial charge in [0.15, 0.2) is 28.2 Å². The number of nitrogens with zero attached hydrogens (tertiary/aromatic N) is 29. The van der Waals surface area contributed by atoms with E-state index in [-0.39, 0.29) is 30.2 Å². The molecule has 0 aliphatic heterocycles. The van der Waals surface area contributed by atoms with E-state index in [0.717, 1.165) is 200 Å². The van der Waals surface area contributed by atoms with Gasteiger partial charge in [0.25, 0.3) is 11.9 Å². The maximum absolute atomic E-state index is 5.25. The van der Waals surface area contributed by atoms with E-state index in [1.807, 2.05) is 189 Å². The van der Waals surface area contributed by atoms with Crippen molar-refractivity contribution in [3.05, 3.63) is 271 Å². The monoisotopic (exact) mass is 1770 g/mol. The topological polar surface area (TPSA) is 303 Å². The highest BCUT2D eigenvalue weighted by atomic mass is 79.9. The number of para-hydroxylation sites is 2. The summed E-state index contributed by atoms with van der Waals surface area (Å²) in [5, 5.41) is 51.6. The Morgan fingerprint density at radius 2 is 0.594 bits per heavy atom. The van der Waals surface area contributed by atoms with E-state index < -0.39 is 0 Å². The van der Waals surface area contributed by atoms with Crippen molar-refractivity contribution in [1.82, 2.24) is 143 Å². The smallest absolute Gasteiger partial charge is 0.251 e. The van der Waals surface area contributed by atoms with Crippen LogP contribution in [0.25, 0.3) is 141 Å². The largest absolute Gasteiger partial charge is 0.497 e. The van der Waals surface area contributed by atoms with Gasteiger partial charge in [-0.1, -0.05) is 71.0 Å². The van der Waals surface area contributed by atoms with Crippen LogP contribution in [0.1, 0.15) is 163 Å². The summed E-state index contributed by atoms with van der Waals surface area (Å²) in [6.07, 6.45) is 20.3. The van der Waals surface area contributed by atoms with Gasteiger partial charge in [0, 0.05) is 88.1 Å². The summed E-state index contributed by atoms with van der Waals surface area (Å²) in [7, 11) is 1.66. The number of hydrogen-bond donors (Lipinski definition) is 0. The van der Waals surface area contributed by atoms with Crippen LogP contribution in [0.15, 0.2) is 242 Å². The number of methoxy groups -OCH3 is 1. The van der Waals surface area contributed by atoms with Gasteiger partial charge in [-0.15, -0.1) is 0 Å². The predicted octanol–water partition coefficient (Wildman–Crippen LogP) is 20.5. The first-order chi connectivity index (χ1) is 62.2. The Bertz CT molecular complexity index is 6990. The average Bonchev–Trinajstić information content (AvgIpc) is 1.64. The van der Waals surface area contributed by atoms with Crippen LogP contribution >= 0.6 is 15.9 Å². The molecule has 128 heavy (non-hydrogen) atoms. The molecule has 0 unspecified atom stereocenters. The first-order valence-electron chi connectivity index (χ1n) is 43.4. The molecule has 31 heteroatoms. The highest BCUT2D eigenvalue weighted by Crippen LogP contribution is 2.34. The van der Waals surface area contributed by atoms with Gasteiger partial charge in [-0.25, -0.2) is 82.3 Å². The third-order valence-corrected chi connectivity index (χ3v) is 22.0. The van der Waals surface area contributed by atoms with Gasteiger partial charge in [-0.3, -0.25) is 0 Å². The minimum absolute atomic E-state index is 0.236. The lowest BCUT2D eigenvalue weighted by molar-refractivity contribution is 0.414. The van der Waals surface area contributed by atoms with Gasteiger partial charge in [0.1, 0.15) is 11.4 Å². The molecular weight excluding hydrogens is 1670 g/mol. The predicted molar refractivity (Wildman–Crippen MR) is 505 cm³/mol. The molecule has 20 rings (SSSR count). The van der Waals surface area contributed by atoms with Crippen LogP contribution in [0.5, 0.6) is 5.75 Å². The van der Waals surface area contributed by atoms with Crippen molar-refractivity contribution in [2.45, 2.75) is 166 Å². The minimum Gasteiger partial charge on any atom is -0.497 e. The van der Waals surface area contributed by atoms with Gasteiger partial charge in [0.05, 0.1) is 133 Å². The standard InChI is InChI=1S/C21H23N5O.2C20H21N5.C18H18BrN7.C18H19N7/c1-5-18-17-10-11-19(23-21(17)25(24-18)14(2)3)20-12-13-22-26(20)15-6-8-16(27-4)9-7-15;1-4-17-16-10-11-18(21-20(16)25(23-17)14(2)3)19-12-13-24(22-19)15-8-6-5-7-9-15;1-4-17-16-10-11-18(22-20(16)24(23-17)14(2)3)19-12-13-21-25(19)15-8-6-5-7-9-15;1-4-14-13-5-6-15(23-17(13)25(24-14)11(2)3)16-7-8-22-26(16)18-20-9-12(19)10-21-18;1-4-14-13-6-7-15(22-17(13)24(23-14)12(2)3)16-8-11-21-25(16)18-19-9-5-10-20-18/h6-14H,5H2,1-4H3;2*5-14H,4H2,1-3H3;5-11H,4H2,1-3H3;5-12H,4H2,1-3H3. The lowest BCUT2D eigenvalue weighted by atomic mass is 10.2. The van der Waals surface area contributed by atoms with Crippen molar-refractivity contribution in [1.29, 1.82) is 0 Å². The number of benzene rings is 3. The first-order valence-corrected chi connectivity index (χ1v) is 44.2. The zero-order valence-corrected chi connectivity index (χ0v) is 76.3. The minimum atomic E-state index is 0.236. The van der Waals surface area contributed by atoms with E-state index in [1.54, 1.807) is 65.9 Å². The lowest BCUT2D eigenvalue weighted by Gasteiger charge is -2.10. The summed E-state index contributed by atoms with van der Waals surface area (Å²) >= 11 is 3.35. The summed E-state index contributed by atoms with van der Waals surface area (Å²) in [6, 6.07) is 61.6. The lowest BCUT2D eigenvalue weighted by Crippen LogP contribution is -2.06. The Morgan fingerprint density at radius 1 is 0.289 bits per heavy atom. The molecule has 30 nitrogen and oxygen atoms in total. The molecule has 0 saturated carbocycles. The average molecular weight is 1770 g/mol. The molecule has 0 aliphatic carbocycles. The van der Waals surface area contributed by atoms with Crippen molar-refractivity contribution in [3.8, 4) is 91.6 Å². The molecule has 0 bridgehead atoms. The van der Waals surface area contributed by atoms with Gasteiger partial charge in [-0.2, -0.15) is 60.4 Å². The quantitative estimate of drug-likeness (QED) is 0.0645. The fraction of sp³-hybridized carbons (Fsp3) is 0.268. The summed E-state index contributed by atoms with van der Waals surface area (Å²) in [6.45, 7) is 31.8. The normalized spacial score (nSPS) is 11.5. The highest BCUT2D eigenvalue weighted by molar-refractivity contribution is 9.10. The number of ether oxygens (including phenoxy) is 1. The summed E-state index contributed by atoms with van der Waals surface area (Å²) in [4.78, 5) is 41.7. The van der Waals surface area contributed by atoms with Gasteiger partial charge in [0.2, 0.25) is 0 Å². The Labute approximate surface area is 749 Å². The molecule has 0 aliphatic rings. The van der Waals surface area contributed by atoms with Crippen molar-refractivity contribution in [2.75, 3.05) is 7.11 Å². The van der Waals surface area contributed by atoms with Crippen molar-refractivity contribution in [2.24, 2.45) is 0 Å². The third kappa shape index (κ3) is 17.8. The molecule has 0 N–H and O–H groups in total. The molecule has 17 aromatic heterocycles. The second kappa shape index (κ2) is 38.4. The van der Waals surface area contributed by atoms with E-state index in [2.05, 4.69) is 202 Å². The first kappa shape index (κ1) is 86.8. The van der Waals surface area contributed by atoms with E-state index in [1.165, 1.54) is 0 Å². The molecule has 0 saturated heterocycles. The Morgan fingerprint density at radius 3 is 0.930 bits per heavy atom. The third-order valence-electron chi connectivity index (χ3n) is 21.6. The number of rotatable bonds is 21. The molecule has 0 fully saturated rings. The fourth-order valence-corrected chi connectivity index (χ4v) is 15.4. The number of halogens is 1. The fourth-order valence-electron chi connectivity index (χ4n) is 15.2. The number of aromatic nitrogens is 29. The molecule has 0 amide bonds. The van der Waals surface area contributed by atoms with Crippen LogP contribution in [0.2, 0.25) is 0 Å². The number of fused-ring (bicyclic) bond motifs is 5. The summed E-state index contributed by atoms with van der Waals surface area (Å²) in [5.74, 6) is 1.85. The van der Waals surface area contributed by atoms with Gasteiger partial charge < -0.3 is 4.74 Å². The molecule has 17 heterocycles. The zero-order chi connectivity index (χ0) is 89.4. The van der Waals surface area contributed by atoms with Crippen LogP contribution in [0.3, 0.4) is 0 Å². The van der Waals surface area contributed by atoms with Crippen LogP contribution < -0.4 is 4.74 Å². The Hall–Kier alpha value is -14.8. The zero-order valence-electron chi connectivity index (χ0n) is 74.7. The number of aryl methyl sites for hydroxylation is 5. The second-order valence-electron chi connectivity index (χ2n) is 31.8. The van der Waals surface area contributed by atoms with Crippen molar-refractivity contribution in [3.63, 3.8) is 0 Å². The Kier molecular flexibility index (Phi) is 26.0. The summed E-state index contributed by atoms with van der Waals surface area (Å²) < 4.78 is 25.1. The molecular formula is C97H102BrN29O. The molecule has 0 atom stereocenters. The molecule has 0 radical (unpaired) electrons. The van der Waals surface area contributed by atoms with Gasteiger partial charge in [-0.05, 0) is 263 Å². The van der Waals surface area contributed by atoms with E-state index >= 15 is 0 Å². The van der Waals surface area contributed by atoms with E-state index in [9.17, 15) is 0 Å². The maximum Gasteiger partial charge on any atom is 0.251 e. The van der Waals surface area contributed by atoms with Crippen molar-refractivity contribution >= 4 is 71.1 Å². The van der Waals surface area contributed by atoms with E-state index in [0.29, 0.717) is 11.9 Å². The number of hydrogen-bond acceptors (Lipinski definition) is 20.